The lowest BCUT2D eigenvalue weighted by Crippen LogP contribution is -2.46. The molecule has 0 amide bonds. The molecule has 6 nitrogen and oxygen atoms in total. The van der Waals surface area contributed by atoms with Gasteiger partial charge in [0.25, 0.3) is 0 Å². The Morgan fingerprint density at radius 2 is 2.04 bits per heavy atom. The second kappa shape index (κ2) is 14.8. The number of methoxy groups -OCH3 is 1. The van der Waals surface area contributed by atoms with Gasteiger partial charge in [-0.05, 0) is 32.1 Å². The molecule has 0 aromatic rings. The maximum Gasteiger partial charge on any atom is 0.305 e. The molecule has 1 fully saturated rings. The lowest BCUT2D eigenvalue weighted by molar-refractivity contribution is -0.140. The zero-order valence-electron chi connectivity index (χ0n) is 15.7. The number of esters is 1. The van der Waals surface area contributed by atoms with E-state index in [-0.39, 0.29) is 29.9 Å². The van der Waals surface area contributed by atoms with Crippen LogP contribution in [0.15, 0.2) is 4.99 Å². The molecule has 0 bridgehead atoms. The topological polar surface area (TPSA) is 79.8 Å². The SMILES string of the molecule is CCS(=O)C1CCCC(NC(=NC)NCCCCCC(=O)OC)C1.I. The van der Waals surface area contributed by atoms with Gasteiger partial charge in [-0.15, -0.1) is 24.0 Å². The number of carbonyl (C=O) groups excluding carboxylic acids is 1. The predicted octanol–water partition coefficient (Wildman–Crippen LogP) is 2.58. The monoisotopic (exact) mass is 487 g/mol. The summed E-state index contributed by atoms with van der Waals surface area (Å²) in [5, 5.41) is 7.10. The molecule has 3 atom stereocenters. The fourth-order valence-corrected chi connectivity index (χ4v) is 4.37. The smallest absolute Gasteiger partial charge is 0.305 e. The minimum Gasteiger partial charge on any atom is -0.469 e. The molecule has 0 saturated heterocycles. The first-order valence-electron chi connectivity index (χ1n) is 9.01. The Morgan fingerprint density at radius 3 is 2.68 bits per heavy atom. The van der Waals surface area contributed by atoms with Crippen molar-refractivity contribution in [2.24, 2.45) is 4.99 Å². The molecule has 2 N–H and O–H groups in total. The molecule has 0 aromatic heterocycles. The van der Waals surface area contributed by atoms with Crippen molar-refractivity contribution in [2.45, 2.75) is 69.6 Å². The number of aliphatic imine (C=N–C) groups is 1. The molecule has 1 rings (SSSR count). The minimum atomic E-state index is -0.703. The number of hydrogen-bond acceptors (Lipinski definition) is 4. The van der Waals surface area contributed by atoms with Crippen LogP contribution >= 0.6 is 24.0 Å². The van der Waals surface area contributed by atoms with Gasteiger partial charge in [-0.25, -0.2) is 0 Å². The zero-order chi connectivity index (χ0) is 17.8. The van der Waals surface area contributed by atoms with Crippen LogP contribution in [0, 0.1) is 0 Å². The summed E-state index contributed by atoms with van der Waals surface area (Å²) in [4.78, 5) is 15.3. The van der Waals surface area contributed by atoms with Crippen molar-refractivity contribution in [1.29, 1.82) is 0 Å². The molecule has 3 unspecified atom stereocenters. The van der Waals surface area contributed by atoms with Crippen molar-refractivity contribution < 1.29 is 13.7 Å². The molecule has 0 spiro atoms. The highest BCUT2D eigenvalue weighted by Crippen LogP contribution is 2.22. The summed E-state index contributed by atoms with van der Waals surface area (Å²) >= 11 is 0. The first-order chi connectivity index (χ1) is 11.6. The van der Waals surface area contributed by atoms with Crippen LogP contribution in [0.1, 0.15) is 58.3 Å². The lowest BCUT2D eigenvalue weighted by Gasteiger charge is -2.30. The van der Waals surface area contributed by atoms with Crippen LogP contribution in [0.25, 0.3) is 0 Å². The quantitative estimate of drug-likeness (QED) is 0.172. The molecule has 0 aromatic carbocycles. The number of nitrogens with zero attached hydrogens (tertiary/aromatic N) is 1. The third-order valence-electron chi connectivity index (χ3n) is 4.42. The third-order valence-corrected chi connectivity index (χ3v) is 6.17. The summed E-state index contributed by atoms with van der Waals surface area (Å²) in [6, 6.07) is 0.352. The van der Waals surface area contributed by atoms with Crippen molar-refractivity contribution in [3.8, 4) is 0 Å². The van der Waals surface area contributed by atoms with Gasteiger partial charge >= 0.3 is 5.97 Å². The summed E-state index contributed by atoms with van der Waals surface area (Å²) in [5.41, 5.74) is 0. The predicted molar refractivity (Wildman–Crippen MR) is 115 cm³/mol. The van der Waals surface area contributed by atoms with Gasteiger partial charge in [-0.2, -0.15) is 0 Å². The number of halogens is 1. The summed E-state index contributed by atoms with van der Waals surface area (Å²) in [6.07, 6.45) is 7.58. The van der Waals surface area contributed by atoms with Gasteiger partial charge in [0.15, 0.2) is 5.96 Å². The highest BCUT2D eigenvalue weighted by atomic mass is 127. The molecule has 1 aliphatic carbocycles. The van der Waals surface area contributed by atoms with E-state index in [2.05, 4.69) is 20.4 Å². The number of nitrogens with one attached hydrogen (secondary N) is 2. The molecular formula is C17H34IN3O3S. The molecule has 8 heteroatoms. The van der Waals surface area contributed by atoms with Crippen LogP contribution < -0.4 is 10.6 Å². The number of unbranched alkanes of at least 4 members (excludes halogenated alkanes) is 2. The molecule has 1 saturated carbocycles. The van der Waals surface area contributed by atoms with Gasteiger partial charge in [0, 0.05) is 47.9 Å². The van der Waals surface area contributed by atoms with E-state index in [0.29, 0.717) is 17.7 Å². The molecule has 0 heterocycles. The van der Waals surface area contributed by atoms with E-state index in [1.165, 1.54) is 7.11 Å². The van der Waals surface area contributed by atoms with Crippen LogP contribution in [0.3, 0.4) is 0 Å². The van der Waals surface area contributed by atoms with E-state index < -0.39 is 10.8 Å². The van der Waals surface area contributed by atoms with E-state index in [0.717, 1.165) is 63.2 Å². The first-order valence-corrected chi connectivity index (χ1v) is 10.4. The standard InChI is InChI=1S/C17H33N3O3S.HI/c1-4-24(22)15-10-8-9-14(13-15)20-17(18-2)19-12-7-5-6-11-16(21)23-3;/h14-15H,4-13H2,1-3H3,(H2,18,19,20);1H. The van der Waals surface area contributed by atoms with E-state index in [1.807, 2.05) is 6.92 Å². The van der Waals surface area contributed by atoms with Gasteiger partial charge < -0.3 is 15.4 Å². The average molecular weight is 487 g/mol. The zero-order valence-corrected chi connectivity index (χ0v) is 18.9. The van der Waals surface area contributed by atoms with Crippen LogP contribution in [0.2, 0.25) is 0 Å². The van der Waals surface area contributed by atoms with Crippen molar-refractivity contribution in [3.63, 3.8) is 0 Å². The largest absolute Gasteiger partial charge is 0.469 e. The van der Waals surface area contributed by atoms with Crippen molar-refractivity contribution in [1.82, 2.24) is 10.6 Å². The maximum atomic E-state index is 12.0. The highest BCUT2D eigenvalue weighted by molar-refractivity contribution is 14.0. The van der Waals surface area contributed by atoms with Gasteiger partial charge in [0.1, 0.15) is 0 Å². The Balaban J connectivity index is 0.00000576. The Bertz CT molecular complexity index is 435. The Hall–Kier alpha value is -0.380. The molecule has 1 aliphatic rings. The minimum absolute atomic E-state index is 0. The second-order valence-electron chi connectivity index (χ2n) is 6.19. The normalized spacial score (nSPS) is 21.8. The number of ether oxygens (including phenoxy) is 1. The van der Waals surface area contributed by atoms with Crippen molar-refractivity contribution >= 4 is 46.7 Å². The molecule has 148 valence electrons. The van der Waals surface area contributed by atoms with Gasteiger partial charge in [0.05, 0.1) is 7.11 Å². The highest BCUT2D eigenvalue weighted by Gasteiger charge is 2.25. The van der Waals surface area contributed by atoms with Gasteiger partial charge in [-0.3, -0.25) is 14.0 Å². The van der Waals surface area contributed by atoms with E-state index in [9.17, 15) is 9.00 Å². The number of carbonyl (C=O) groups is 1. The first kappa shape index (κ1) is 24.6. The summed E-state index contributed by atoms with van der Waals surface area (Å²) in [5.74, 6) is 1.42. The Morgan fingerprint density at radius 1 is 1.28 bits per heavy atom. The summed E-state index contributed by atoms with van der Waals surface area (Å²) < 4.78 is 16.6. The van der Waals surface area contributed by atoms with Crippen molar-refractivity contribution in [3.05, 3.63) is 0 Å². The maximum absolute atomic E-state index is 12.0. The van der Waals surface area contributed by atoms with Crippen LogP contribution in [0.5, 0.6) is 0 Å². The summed E-state index contributed by atoms with van der Waals surface area (Å²) in [7, 11) is 2.49. The van der Waals surface area contributed by atoms with E-state index >= 15 is 0 Å². The third kappa shape index (κ3) is 10.4. The van der Waals surface area contributed by atoms with Crippen molar-refractivity contribution in [2.75, 3.05) is 26.5 Å². The molecular weight excluding hydrogens is 453 g/mol. The molecule has 25 heavy (non-hydrogen) atoms. The fraction of sp³-hybridized carbons (Fsp3) is 0.882. The van der Waals surface area contributed by atoms with E-state index in [4.69, 9.17) is 0 Å². The number of hydrogen-bond donors (Lipinski definition) is 2. The number of guanidine groups is 1. The van der Waals surface area contributed by atoms with E-state index in [1.54, 1.807) is 7.05 Å². The average Bonchev–Trinajstić information content (AvgIpc) is 2.62. The number of rotatable bonds is 9. The summed E-state index contributed by atoms with van der Waals surface area (Å²) in [6.45, 7) is 2.83. The van der Waals surface area contributed by atoms with Gasteiger partial charge in [-0.1, -0.05) is 19.8 Å². The molecule has 0 radical (unpaired) electrons. The van der Waals surface area contributed by atoms with Crippen LogP contribution in [-0.4, -0.2) is 53.9 Å². The second-order valence-corrected chi connectivity index (χ2v) is 8.19. The molecule has 0 aliphatic heterocycles. The van der Waals surface area contributed by atoms with Crippen LogP contribution in [0.4, 0.5) is 0 Å². The lowest BCUT2D eigenvalue weighted by atomic mass is 9.95. The Kier molecular flexibility index (Phi) is 14.5. The van der Waals surface area contributed by atoms with Crippen LogP contribution in [-0.2, 0) is 20.3 Å². The van der Waals surface area contributed by atoms with Gasteiger partial charge in [0.2, 0.25) is 0 Å². The Labute approximate surface area is 171 Å². The fourth-order valence-electron chi connectivity index (χ4n) is 3.02.